The van der Waals surface area contributed by atoms with Crippen LogP contribution in [-0.4, -0.2) is 41.1 Å². The second-order valence-corrected chi connectivity index (χ2v) is 6.50. The number of hydrogen-bond acceptors (Lipinski definition) is 6. The first kappa shape index (κ1) is 24.2. The topological polar surface area (TPSA) is 119 Å². The van der Waals surface area contributed by atoms with Gasteiger partial charge in [0.15, 0.2) is 19.0 Å². The summed E-state index contributed by atoms with van der Waals surface area (Å²) in [5.74, 6) is -0.981. The standard InChI is InChI=1S/C24H24O8/c1-3-17(4-2)32-19-10-11-20(22(13-19)31-15-24(28)29)21(25)12-7-16-5-8-18(9-6-16)30-14-23(26)27/h3,5-13H,4,14-15H2,1-2H3,(H,26,27)(H,28,29). The van der Waals surface area contributed by atoms with Crippen LogP contribution in [0.2, 0.25) is 0 Å². The largest absolute Gasteiger partial charge is 0.482 e. The molecule has 2 aromatic carbocycles. The number of carboxylic acids is 2. The second-order valence-electron chi connectivity index (χ2n) is 6.50. The van der Waals surface area contributed by atoms with E-state index in [-0.39, 0.29) is 17.1 Å². The quantitative estimate of drug-likeness (QED) is 0.286. The molecule has 8 nitrogen and oxygen atoms in total. The third kappa shape index (κ3) is 7.64. The maximum Gasteiger partial charge on any atom is 0.341 e. The van der Waals surface area contributed by atoms with Gasteiger partial charge in [-0.3, -0.25) is 4.79 Å². The zero-order chi connectivity index (χ0) is 23.5. The fourth-order valence-electron chi connectivity index (χ4n) is 2.60. The zero-order valence-electron chi connectivity index (χ0n) is 17.7. The molecule has 0 amide bonds. The number of allylic oxidation sites excluding steroid dienone is 3. The summed E-state index contributed by atoms with van der Waals surface area (Å²) in [4.78, 5) is 34.2. The average Bonchev–Trinajstić information content (AvgIpc) is 2.78. The highest BCUT2D eigenvalue weighted by atomic mass is 16.5. The van der Waals surface area contributed by atoms with Gasteiger partial charge >= 0.3 is 11.9 Å². The Balaban J connectivity index is 2.19. The van der Waals surface area contributed by atoms with Crippen molar-refractivity contribution in [3.8, 4) is 17.2 Å². The Labute approximate surface area is 185 Å². The first-order valence-corrected chi connectivity index (χ1v) is 9.81. The van der Waals surface area contributed by atoms with E-state index in [9.17, 15) is 14.4 Å². The maximum atomic E-state index is 12.7. The molecular formula is C24H24O8. The van der Waals surface area contributed by atoms with Crippen LogP contribution < -0.4 is 14.2 Å². The van der Waals surface area contributed by atoms with Gasteiger partial charge < -0.3 is 24.4 Å². The maximum absolute atomic E-state index is 12.7. The first-order chi connectivity index (χ1) is 15.3. The summed E-state index contributed by atoms with van der Waals surface area (Å²) in [5, 5.41) is 17.6. The van der Waals surface area contributed by atoms with Crippen LogP contribution in [0.5, 0.6) is 17.2 Å². The third-order valence-corrected chi connectivity index (χ3v) is 4.16. The van der Waals surface area contributed by atoms with E-state index in [1.807, 2.05) is 19.9 Å². The Hall–Kier alpha value is -4.07. The molecule has 2 N–H and O–H groups in total. The molecule has 0 atom stereocenters. The molecule has 0 unspecified atom stereocenters. The molecule has 2 rings (SSSR count). The van der Waals surface area contributed by atoms with Crippen LogP contribution in [0.25, 0.3) is 6.08 Å². The lowest BCUT2D eigenvalue weighted by molar-refractivity contribution is -0.140. The molecule has 0 aliphatic carbocycles. The van der Waals surface area contributed by atoms with Gasteiger partial charge in [0.2, 0.25) is 0 Å². The molecule has 0 aromatic heterocycles. The van der Waals surface area contributed by atoms with Gasteiger partial charge in [-0.2, -0.15) is 0 Å². The molecule has 8 heteroatoms. The minimum absolute atomic E-state index is 0.100. The minimum Gasteiger partial charge on any atom is -0.482 e. The lowest BCUT2D eigenvalue weighted by Gasteiger charge is -2.12. The molecule has 32 heavy (non-hydrogen) atoms. The van der Waals surface area contributed by atoms with Crippen molar-refractivity contribution in [1.29, 1.82) is 0 Å². The number of benzene rings is 2. The van der Waals surface area contributed by atoms with Crippen molar-refractivity contribution in [1.82, 2.24) is 0 Å². The van der Waals surface area contributed by atoms with E-state index in [1.165, 1.54) is 18.2 Å². The number of carboxylic acid groups (broad SMARTS) is 2. The van der Waals surface area contributed by atoms with Crippen LogP contribution in [0.4, 0.5) is 0 Å². The molecule has 0 bridgehead atoms. The van der Waals surface area contributed by atoms with Gasteiger partial charge in [0.05, 0.1) is 11.3 Å². The van der Waals surface area contributed by atoms with E-state index in [0.717, 1.165) is 5.76 Å². The van der Waals surface area contributed by atoms with Crippen LogP contribution in [0.1, 0.15) is 36.2 Å². The van der Waals surface area contributed by atoms with Gasteiger partial charge in [0, 0.05) is 12.5 Å². The molecule has 0 aliphatic rings. The predicted molar refractivity (Wildman–Crippen MR) is 117 cm³/mol. The first-order valence-electron chi connectivity index (χ1n) is 9.81. The highest BCUT2D eigenvalue weighted by Crippen LogP contribution is 2.28. The van der Waals surface area contributed by atoms with E-state index in [4.69, 9.17) is 24.4 Å². The summed E-state index contributed by atoms with van der Waals surface area (Å²) in [6.07, 6.45) is 5.40. The van der Waals surface area contributed by atoms with Gasteiger partial charge in [0.25, 0.3) is 0 Å². The molecule has 0 aliphatic heterocycles. The summed E-state index contributed by atoms with van der Waals surface area (Å²) in [5.41, 5.74) is 0.879. The van der Waals surface area contributed by atoms with Gasteiger partial charge in [-0.1, -0.05) is 25.1 Å². The highest BCUT2D eigenvalue weighted by molar-refractivity contribution is 6.08. The molecule has 0 heterocycles. The lowest BCUT2D eigenvalue weighted by atomic mass is 10.1. The number of carbonyl (C=O) groups excluding carboxylic acids is 1. The zero-order valence-corrected chi connectivity index (χ0v) is 17.7. The average molecular weight is 440 g/mol. The SMILES string of the molecule is CC=C(CC)Oc1ccc(C(=O)C=Cc2ccc(OCC(=O)O)cc2)c(OCC(=O)O)c1. The van der Waals surface area contributed by atoms with Crippen molar-refractivity contribution in [2.45, 2.75) is 20.3 Å². The van der Waals surface area contributed by atoms with Crippen molar-refractivity contribution in [3.63, 3.8) is 0 Å². The van der Waals surface area contributed by atoms with Crippen LogP contribution in [0, 0.1) is 0 Å². The molecule has 0 saturated heterocycles. The Morgan fingerprint density at radius 1 is 0.906 bits per heavy atom. The molecule has 0 fully saturated rings. The smallest absolute Gasteiger partial charge is 0.341 e. The van der Waals surface area contributed by atoms with Gasteiger partial charge in [-0.25, -0.2) is 9.59 Å². The Bertz CT molecular complexity index is 1020. The number of carbonyl (C=O) groups is 3. The number of hydrogen-bond donors (Lipinski definition) is 2. The Morgan fingerprint density at radius 2 is 1.53 bits per heavy atom. The molecule has 168 valence electrons. The van der Waals surface area contributed by atoms with Gasteiger partial charge in [-0.15, -0.1) is 0 Å². The third-order valence-electron chi connectivity index (χ3n) is 4.16. The van der Waals surface area contributed by atoms with Crippen LogP contribution in [-0.2, 0) is 9.59 Å². The Morgan fingerprint density at radius 3 is 2.12 bits per heavy atom. The highest BCUT2D eigenvalue weighted by Gasteiger charge is 2.14. The van der Waals surface area contributed by atoms with Gasteiger partial charge in [-0.05, 0) is 48.9 Å². The lowest BCUT2D eigenvalue weighted by Crippen LogP contribution is -2.12. The summed E-state index contributed by atoms with van der Waals surface area (Å²) < 4.78 is 16.1. The summed E-state index contributed by atoms with van der Waals surface area (Å²) in [7, 11) is 0. The normalized spacial score (nSPS) is 11.2. The van der Waals surface area contributed by atoms with Crippen molar-refractivity contribution in [2.24, 2.45) is 0 Å². The molecule has 0 radical (unpaired) electrons. The van der Waals surface area contributed by atoms with E-state index in [1.54, 1.807) is 36.4 Å². The predicted octanol–water partition coefficient (Wildman–Crippen LogP) is 4.20. The van der Waals surface area contributed by atoms with E-state index >= 15 is 0 Å². The molecule has 0 spiro atoms. The van der Waals surface area contributed by atoms with E-state index in [2.05, 4.69) is 0 Å². The Kier molecular flexibility index (Phi) is 9.04. The number of rotatable bonds is 12. The van der Waals surface area contributed by atoms with Crippen molar-refractivity contribution in [2.75, 3.05) is 13.2 Å². The van der Waals surface area contributed by atoms with Crippen molar-refractivity contribution >= 4 is 23.8 Å². The molecule has 0 saturated carbocycles. The van der Waals surface area contributed by atoms with E-state index < -0.39 is 25.2 Å². The van der Waals surface area contributed by atoms with E-state index in [0.29, 0.717) is 23.5 Å². The fourth-order valence-corrected chi connectivity index (χ4v) is 2.60. The number of ether oxygens (including phenoxy) is 3. The van der Waals surface area contributed by atoms with Crippen LogP contribution >= 0.6 is 0 Å². The number of aliphatic carboxylic acids is 2. The van der Waals surface area contributed by atoms with Crippen LogP contribution in [0.3, 0.4) is 0 Å². The molecular weight excluding hydrogens is 416 g/mol. The van der Waals surface area contributed by atoms with Gasteiger partial charge in [0.1, 0.15) is 17.2 Å². The van der Waals surface area contributed by atoms with Crippen molar-refractivity contribution < 1.29 is 38.8 Å². The summed E-state index contributed by atoms with van der Waals surface area (Å²) >= 11 is 0. The van der Waals surface area contributed by atoms with Crippen LogP contribution in [0.15, 0.2) is 60.4 Å². The second kappa shape index (κ2) is 11.9. The van der Waals surface area contributed by atoms with Crippen molar-refractivity contribution in [3.05, 3.63) is 71.5 Å². The minimum atomic E-state index is -1.17. The fraction of sp³-hybridized carbons (Fsp3) is 0.208. The number of ketones is 1. The molecule has 2 aromatic rings. The summed E-state index contributed by atoms with van der Waals surface area (Å²) in [6.45, 7) is 2.73. The summed E-state index contributed by atoms with van der Waals surface area (Å²) in [6, 6.07) is 11.1. The monoisotopic (exact) mass is 440 g/mol.